The lowest BCUT2D eigenvalue weighted by molar-refractivity contribution is 0.316. The van der Waals surface area contributed by atoms with Crippen molar-refractivity contribution in [3.05, 3.63) is 46.6 Å². The largest absolute Gasteiger partial charge is 0.508 e. The van der Waals surface area contributed by atoms with E-state index in [-0.39, 0.29) is 11.2 Å². The number of rotatable bonds is 6. The zero-order valence-electron chi connectivity index (χ0n) is 14.0. The number of hydrogen-bond donors (Lipinski definition) is 2. The minimum absolute atomic E-state index is 0.0272. The van der Waals surface area contributed by atoms with Gasteiger partial charge in [-0.05, 0) is 43.4 Å². The van der Waals surface area contributed by atoms with E-state index in [1.807, 2.05) is 18.2 Å². The smallest absolute Gasteiger partial charge is 0.198 e. The highest BCUT2D eigenvalue weighted by Crippen LogP contribution is 2.30. The highest BCUT2D eigenvalue weighted by Gasteiger charge is 2.10. The zero-order valence-corrected chi connectivity index (χ0v) is 14.8. The van der Waals surface area contributed by atoms with E-state index in [2.05, 4.69) is 24.1 Å². The van der Waals surface area contributed by atoms with Crippen LogP contribution in [-0.4, -0.2) is 36.2 Å². The molecule has 0 aliphatic heterocycles. The summed E-state index contributed by atoms with van der Waals surface area (Å²) >= 11 is 1.58. The molecular formula is C19H22N2O2S. The summed E-state index contributed by atoms with van der Waals surface area (Å²) in [6.45, 7) is 8.08. The minimum atomic E-state index is -0.0272. The molecule has 2 N–H and O–H groups in total. The van der Waals surface area contributed by atoms with Crippen molar-refractivity contribution >= 4 is 37.2 Å². The maximum absolute atomic E-state index is 12.9. The summed E-state index contributed by atoms with van der Waals surface area (Å²) in [6, 6.07) is 10.9. The number of anilines is 1. The second-order valence-electron chi connectivity index (χ2n) is 5.74. The normalized spacial score (nSPS) is 11.5. The van der Waals surface area contributed by atoms with E-state index < -0.39 is 0 Å². The van der Waals surface area contributed by atoms with Crippen LogP contribution in [0.3, 0.4) is 0 Å². The van der Waals surface area contributed by atoms with Gasteiger partial charge in [-0.25, -0.2) is 0 Å². The standard InChI is InChI=1S/C19H22N2O2S/c1-3-21(4-2)11-10-20-15-6-5-7-17-18(15)19(23)14-12-13(22)8-9-16(14)24-17/h5-9,12,20,22H,3-4,10-11H2,1-2H3. The molecule has 0 bridgehead atoms. The maximum Gasteiger partial charge on any atom is 0.198 e. The highest BCUT2D eigenvalue weighted by molar-refractivity contribution is 7.24. The van der Waals surface area contributed by atoms with Gasteiger partial charge in [-0.15, -0.1) is 11.3 Å². The molecule has 3 rings (SSSR count). The molecule has 0 unspecified atom stereocenters. The van der Waals surface area contributed by atoms with Gasteiger partial charge in [0.1, 0.15) is 5.75 Å². The molecule has 0 aliphatic carbocycles. The molecule has 2 aromatic carbocycles. The van der Waals surface area contributed by atoms with Crippen molar-refractivity contribution in [2.45, 2.75) is 13.8 Å². The lowest BCUT2D eigenvalue weighted by Gasteiger charge is -2.18. The number of fused-ring (bicyclic) bond motifs is 2. The maximum atomic E-state index is 12.9. The van der Waals surface area contributed by atoms with Crippen molar-refractivity contribution in [2.24, 2.45) is 0 Å². The number of phenolic OH excluding ortho intramolecular Hbond substituents is 1. The molecule has 0 fully saturated rings. The van der Waals surface area contributed by atoms with Crippen molar-refractivity contribution in [3.8, 4) is 5.75 Å². The SMILES string of the molecule is CCN(CC)CCNc1cccc2sc3ccc(O)cc3c(=O)c12. The van der Waals surface area contributed by atoms with Crippen LogP contribution in [0.4, 0.5) is 5.69 Å². The Morgan fingerprint density at radius 1 is 1.12 bits per heavy atom. The van der Waals surface area contributed by atoms with Crippen LogP contribution < -0.4 is 10.7 Å². The third-order valence-corrected chi connectivity index (χ3v) is 5.45. The first-order valence-electron chi connectivity index (χ1n) is 8.28. The van der Waals surface area contributed by atoms with E-state index in [1.54, 1.807) is 29.5 Å². The Bertz CT molecular complexity index is 916. The van der Waals surface area contributed by atoms with Crippen LogP contribution in [0.25, 0.3) is 20.2 Å². The summed E-state index contributed by atoms with van der Waals surface area (Å²) < 4.78 is 1.86. The van der Waals surface area contributed by atoms with Gasteiger partial charge in [0.05, 0.1) is 5.39 Å². The van der Waals surface area contributed by atoms with E-state index in [9.17, 15) is 9.90 Å². The van der Waals surface area contributed by atoms with Crippen LogP contribution in [-0.2, 0) is 0 Å². The van der Waals surface area contributed by atoms with E-state index in [0.29, 0.717) is 10.8 Å². The van der Waals surface area contributed by atoms with Crippen LogP contribution >= 0.6 is 11.3 Å². The Hall–Kier alpha value is -2.11. The molecule has 5 heteroatoms. The van der Waals surface area contributed by atoms with Gasteiger partial charge in [0.25, 0.3) is 0 Å². The molecule has 0 spiro atoms. The lowest BCUT2D eigenvalue weighted by atomic mass is 10.1. The van der Waals surface area contributed by atoms with Gasteiger partial charge in [0, 0.05) is 33.6 Å². The molecule has 3 aromatic rings. The molecule has 1 aromatic heterocycles. The number of hydrogen-bond acceptors (Lipinski definition) is 5. The number of nitrogens with one attached hydrogen (secondary N) is 1. The first kappa shape index (κ1) is 16.7. The first-order valence-corrected chi connectivity index (χ1v) is 9.10. The van der Waals surface area contributed by atoms with Gasteiger partial charge in [-0.2, -0.15) is 0 Å². The molecule has 24 heavy (non-hydrogen) atoms. The van der Waals surface area contributed by atoms with Crippen molar-refractivity contribution in [2.75, 3.05) is 31.5 Å². The Labute approximate surface area is 145 Å². The number of likely N-dealkylation sites (N-methyl/N-ethyl adjacent to an activating group) is 1. The topological polar surface area (TPSA) is 52.6 Å². The average Bonchev–Trinajstić information content (AvgIpc) is 2.59. The van der Waals surface area contributed by atoms with Crippen molar-refractivity contribution in [1.29, 1.82) is 0 Å². The Morgan fingerprint density at radius 3 is 2.67 bits per heavy atom. The molecular weight excluding hydrogens is 320 g/mol. The monoisotopic (exact) mass is 342 g/mol. The first-order chi connectivity index (χ1) is 11.6. The predicted molar refractivity (Wildman–Crippen MR) is 104 cm³/mol. The number of nitrogens with zero attached hydrogens (tertiary/aromatic N) is 1. The predicted octanol–water partition coefficient (Wildman–Crippen LogP) is 3.87. The van der Waals surface area contributed by atoms with Gasteiger partial charge >= 0.3 is 0 Å². The fraction of sp³-hybridized carbons (Fsp3) is 0.316. The second kappa shape index (κ2) is 7.20. The summed E-state index contributed by atoms with van der Waals surface area (Å²) in [5, 5.41) is 14.4. The Balaban J connectivity index is 2.01. The highest BCUT2D eigenvalue weighted by atomic mass is 32.1. The summed E-state index contributed by atoms with van der Waals surface area (Å²) in [4.78, 5) is 15.3. The van der Waals surface area contributed by atoms with Crippen molar-refractivity contribution in [1.82, 2.24) is 4.90 Å². The van der Waals surface area contributed by atoms with Gasteiger partial charge in [-0.3, -0.25) is 4.79 Å². The van der Waals surface area contributed by atoms with E-state index in [0.717, 1.165) is 41.3 Å². The summed E-state index contributed by atoms with van der Waals surface area (Å²) in [6.07, 6.45) is 0. The quantitative estimate of drug-likeness (QED) is 0.668. The Morgan fingerprint density at radius 2 is 1.92 bits per heavy atom. The van der Waals surface area contributed by atoms with Crippen molar-refractivity contribution < 1.29 is 5.11 Å². The van der Waals surface area contributed by atoms with Gasteiger partial charge < -0.3 is 15.3 Å². The number of aromatic hydroxyl groups is 1. The summed E-state index contributed by atoms with van der Waals surface area (Å²) in [5.41, 5.74) is 0.840. The third-order valence-electron chi connectivity index (χ3n) is 4.32. The Kier molecular flexibility index (Phi) is 5.02. The lowest BCUT2D eigenvalue weighted by Crippen LogP contribution is -2.28. The molecule has 126 valence electrons. The van der Waals surface area contributed by atoms with Gasteiger partial charge in [0.2, 0.25) is 0 Å². The van der Waals surface area contributed by atoms with Crippen LogP contribution in [0.5, 0.6) is 5.75 Å². The van der Waals surface area contributed by atoms with Crippen LogP contribution in [0.15, 0.2) is 41.2 Å². The molecule has 0 radical (unpaired) electrons. The van der Waals surface area contributed by atoms with Gasteiger partial charge in [0.15, 0.2) is 5.43 Å². The average molecular weight is 342 g/mol. The molecule has 0 saturated heterocycles. The van der Waals surface area contributed by atoms with Crippen molar-refractivity contribution in [3.63, 3.8) is 0 Å². The summed E-state index contributed by atoms with van der Waals surface area (Å²) in [7, 11) is 0. The van der Waals surface area contributed by atoms with Crippen LogP contribution in [0.2, 0.25) is 0 Å². The molecule has 4 nitrogen and oxygen atoms in total. The molecule has 0 saturated carbocycles. The van der Waals surface area contributed by atoms with E-state index >= 15 is 0 Å². The summed E-state index contributed by atoms with van der Waals surface area (Å²) in [5.74, 6) is 0.123. The molecule has 0 amide bonds. The zero-order chi connectivity index (χ0) is 17.1. The molecule has 0 aliphatic rings. The molecule has 1 heterocycles. The second-order valence-corrected chi connectivity index (χ2v) is 6.83. The number of benzene rings is 2. The fourth-order valence-corrected chi connectivity index (χ4v) is 4.01. The van der Waals surface area contributed by atoms with Crippen LogP contribution in [0.1, 0.15) is 13.8 Å². The van der Waals surface area contributed by atoms with E-state index in [1.165, 1.54) is 0 Å². The number of phenols is 1. The van der Waals surface area contributed by atoms with E-state index in [4.69, 9.17) is 0 Å². The minimum Gasteiger partial charge on any atom is -0.508 e. The molecule has 0 atom stereocenters. The fourth-order valence-electron chi connectivity index (χ4n) is 2.92. The third kappa shape index (κ3) is 3.23. The van der Waals surface area contributed by atoms with Gasteiger partial charge in [-0.1, -0.05) is 19.9 Å². The van der Waals surface area contributed by atoms with Crippen LogP contribution in [0, 0.1) is 0 Å².